The van der Waals surface area contributed by atoms with Crippen LogP contribution in [-0.2, 0) is 0 Å². The van der Waals surface area contributed by atoms with Gasteiger partial charge in [-0.3, -0.25) is 10.1 Å². The van der Waals surface area contributed by atoms with Crippen LogP contribution in [0.2, 0.25) is 5.02 Å². The van der Waals surface area contributed by atoms with E-state index in [2.05, 4.69) is 6.07 Å². The molecule has 0 heterocycles. The van der Waals surface area contributed by atoms with E-state index in [1.54, 1.807) is 24.3 Å². The first kappa shape index (κ1) is 15.5. The number of benzene rings is 2. The van der Waals surface area contributed by atoms with Crippen LogP contribution < -0.4 is 4.74 Å². The predicted molar refractivity (Wildman–Crippen MR) is 84.6 cm³/mol. The second-order valence-corrected chi connectivity index (χ2v) is 4.74. The Morgan fingerprint density at radius 3 is 2.73 bits per heavy atom. The monoisotopic (exact) mass is 314 g/mol. The minimum absolute atomic E-state index is 0.0898. The molecule has 2 rings (SSSR count). The van der Waals surface area contributed by atoms with Crippen molar-refractivity contribution in [1.29, 1.82) is 5.26 Å². The van der Waals surface area contributed by atoms with E-state index in [9.17, 15) is 15.4 Å². The average molecular weight is 315 g/mol. The number of nitriles is 1. The lowest BCUT2D eigenvalue weighted by Crippen LogP contribution is -1.91. The number of nitro benzene ring substituents is 1. The van der Waals surface area contributed by atoms with Crippen LogP contribution in [0.15, 0.2) is 42.5 Å². The SMILES string of the molecule is COc1ccccc1/C(C#N)=C\c1cc([N+](=O)[O-])ccc1Cl. The normalized spacial score (nSPS) is 10.9. The second kappa shape index (κ2) is 6.74. The number of rotatable bonds is 4. The van der Waals surface area contributed by atoms with Crippen molar-refractivity contribution in [2.24, 2.45) is 0 Å². The van der Waals surface area contributed by atoms with Crippen molar-refractivity contribution >= 4 is 28.9 Å². The molecule has 0 aliphatic rings. The Kier molecular flexibility index (Phi) is 4.77. The van der Waals surface area contributed by atoms with Crippen LogP contribution in [0, 0.1) is 21.4 Å². The van der Waals surface area contributed by atoms with Gasteiger partial charge in [0.25, 0.3) is 5.69 Å². The molecular formula is C16H11ClN2O3. The summed E-state index contributed by atoms with van der Waals surface area (Å²) in [5, 5.41) is 20.6. The number of nitro groups is 1. The van der Waals surface area contributed by atoms with Gasteiger partial charge in [-0.2, -0.15) is 5.26 Å². The zero-order chi connectivity index (χ0) is 16.1. The summed E-state index contributed by atoms with van der Waals surface area (Å²) in [5.41, 5.74) is 1.21. The molecule has 0 atom stereocenters. The Balaban J connectivity index is 2.57. The van der Waals surface area contributed by atoms with E-state index >= 15 is 0 Å². The van der Waals surface area contributed by atoms with Crippen molar-refractivity contribution < 1.29 is 9.66 Å². The molecule has 0 amide bonds. The van der Waals surface area contributed by atoms with Gasteiger partial charge in [0.15, 0.2) is 0 Å². The zero-order valence-corrected chi connectivity index (χ0v) is 12.4. The van der Waals surface area contributed by atoms with Crippen LogP contribution >= 0.6 is 11.6 Å². The minimum atomic E-state index is -0.511. The van der Waals surface area contributed by atoms with Gasteiger partial charge in [0.05, 0.1) is 23.7 Å². The van der Waals surface area contributed by atoms with Gasteiger partial charge < -0.3 is 4.74 Å². The number of para-hydroxylation sites is 1. The van der Waals surface area contributed by atoms with Crippen molar-refractivity contribution in [3.05, 3.63) is 68.7 Å². The highest BCUT2D eigenvalue weighted by molar-refractivity contribution is 6.32. The van der Waals surface area contributed by atoms with Crippen molar-refractivity contribution in [2.45, 2.75) is 0 Å². The molecule has 0 bridgehead atoms. The van der Waals surface area contributed by atoms with Gasteiger partial charge in [0, 0.05) is 28.3 Å². The van der Waals surface area contributed by atoms with Gasteiger partial charge >= 0.3 is 0 Å². The number of methoxy groups -OCH3 is 1. The van der Waals surface area contributed by atoms with Gasteiger partial charge in [-0.15, -0.1) is 0 Å². The number of allylic oxidation sites excluding steroid dienone is 1. The van der Waals surface area contributed by atoms with Crippen molar-refractivity contribution in [1.82, 2.24) is 0 Å². The highest BCUT2D eigenvalue weighted by Gasteiger charge is 2.12. The van der Waals surface area contributed by atoms with E-state index in [0.29, 0.717) is 27.5 Å². The smallest absolute Gasteiger partial charge is 0.270 e. The van der Waals surface area contributed by atoms with E-state index in [1.807, 2.05) is 0 Å². The second-order valence-electron chi connectivity index (χ2n) is 4.33. The first-order valence-corrected chi connectivity index (χ1v) is 6.63. The zero-order valence-electron chi connectivity index (χ0n) is 11.6. The lowest BCUT2D eigenvalue weighted by molar-refractivity contribution is -0.384. The fraction of sp³-hybridized carbons (Fsp3) is 0.0625. The molecule has 0 unspecified atom stereocenters. The highest BCUT2D eigenvalue weighted by Crippen LogP contribution is 2.30. The van der Waals surface area contributed by atoms with E-state index in [0.717, 1.165) is 0 Å². The first-order valence-electron chi connectivity index (χ1n) is 6.26. The Morgan fingerprint density at radius 2 is 2.09 bits per heavy atom. The van der Waals surface area contributed by atoms with Gasteiger partial charge in [0.2, 0.25) is 0 Å². The molecule has 0 saturated carbocycles. The van der Waals surface area contributed by atoms with Crippen LogP contribution in [-0.4, -0.2) is 12.0 Å². The molecule has 6 heteroatoms. The van der Waals surface area contributed by atoms with Crippen LogP contribution in [0.1, 0.15) is 11.1 Å². The Morgan fingerprint density at radius 1 is 1.36 bits per heavy atom. The van der Waals surface area contributed by atoms with Crippen LogP contribution in [0.3, 0.4) is 0 Å². The lowest BCUT2D eigenvalue weighted by Gasteiger charge is -2.07. The molecule has 2 aromatic carbocycles. The first-order chi connectivity index (χ1) is 10.6. The quantitative estimate of drug-likeness (QED) is 0.364. The van der Waals surface area contributed by atoms with E-state index in [1.165, 1.54) is 31.4 Å². The third-order valence-electron chi connectivity index (χ3n) is 3.01. The predicted octanol–water partition coefficient (Wildman–Crippen LogP) is 4.32. The minimum Gasteiger partial charge on any atom is -0.496 e. The van der Waals surface area contributed by atoms with Crippen molar-refractivity contribution in [3.8, 4) is 11.8 Å². The van der Waals surface area contributed by atoms with E-state index in [4.69, 9.17) is 16.3 Å². The van der Waals surface area contributed by atoms with Gasteiger partial charge in [-0.05, 0) is 24.3 Å². The molecule has 0 aliphatic heterocycles. The summed E-state index contributed by atoms with van der Waals surface area (Å²) in [5.74, 6) is 0.539. The molecule has 0 N–H and O–H groups in total. The molecule has 22 heavy (non-hydrogen) atoms. The third-order valence-corrected chi connectivity index (χ3v) is 3.35. The van der Waals surface area contributed by atoms with Crippen molar-refractivity contribution in [2.75, 3.05) is 7.11 Å². The molecule has 0 aliphatic carbocycles. The standard InChI is InChI=1S/C16H11ClN2O3/c1-22-16-5-3-2-4-14(16)12(10-18)8-11-9-13(19(20)21)6-7-15(11)17/h2-9H,1H3/b12-8-. The number of ether oxygens (including phenoxy) is 1. The summed E-state index contributed by atoms with van der Waals surface area (Å²) in [7, 11) is 1.51. The molecule has 0 radical (unpaired) electrons. The molecule has 110 valence electrons. The number of hydrogen-bond donors (Lipinski definition) is 0. The summed E-state index contributed by atoms with van der Waals surface area (Å²) in [4.78, 5) is 10.3. The Bertz CT molecular complexity index is 794. The molecule has 0 spiro atoms. The molecule has 0 saturated heterocycles. The number of nitrogens with zero attached hydrogens (tertiary/aromatic N) is 2. The highest BCUT2D eigenvalue weighted by atomic mass is 35.5. The third kappa shape index (κ3) is 3.25. The Hall–Kier alpha value is -2.84. The van der Waals surface area contributed by atoms with E-state index in [-0.39, 0.29) is 5.69 Å². The lowest BCUT2D eigenvalue weighted by atomic mass is 10.0. The maximum Gasteiger partial charge on any atom is 0.270 e. The topological polar surface area (TPSA) is 76.2 Å². The maximum absolute atomic E-state index is 10.8. The summed E-state index contributed by atoms with van der Waals surface area (Å²) < 4.78 is 5.22. The largest absolute Gasteiger partial charge is 0.496 e. The fourth-order valence-electron chi connectivity index (χ4n) is 1.95. The fourth-order valence-corrected chi connectivity index (χ4v) is 2.12. The van der Waals surface area contributed by atoms with Gasteiger partial charge in [0.1, 0.15) is 5.75 Å². The summed E-state index contributed by atoms with van der Waals surface area (Å²) in [6.45, 7) is 0. The van der Waals surface area contributed by atoms with Crippen LogP contribution in [0.25, 0.3) is 11.6 Å². The molecule has 2 aromatic rings. The number of non-ortho nitro benzene ring substituents is 1. The number of hydrogen-bond acceptors (Lipinski definition) is 4. The van der Waals surface area contributed by atoms with Crippen LogP contribution in [0.5, 0.6) is 5.75 Å². The maximum atomic E-state index is 10.8. The van der Waals surface area contributed by atoms with Gasteiger partial charge in [-0.25, -0.2) is 0 Å². The van der Waals surface area contributed by atoms with Gasteiger partial charge in [-0.1, -0.05) is 23.7 Å². The van der Waals surface area contributed by atoms with Crippen molar-refractivity contribution in [3.63, 3.8) is 0 Å². The van der Waals surface area contributed by atoms with E-state index < -0.39 is 4.92 Å². The van der Waals surface area contributed by atoms with Crippen LogP contribution in [0.4, 0.5) is 5.69 Å². The number of halogens is 1. The Labute approximate surface area is 132 Å². The molecule has 0 aromatic heterocycles. The molecular weight excluding hydrogens is 304 g/mol. The summed E-state index contributed by atoms with van der Waals surface area (Å²) in [6, 6.07) is 13.2. The average Bonchev–Trinajstić information content (AvgIpc) is 2.53. The molecule has 5 nitrogen and oxygen atoms in total. The summed E-state index contributed by atoms with van der Waals surface area (Å²) in [6.07, 6.45) is 1.51. The summed E-state index contributed by atoms with van der Waals surface area (Å²) >= 11 is 6.06. The molecule has 0 fully saturated rings.